The van der Waals surface area contributed by atoms with E-state index in [0.29, 0.717) is 0 Å². The molecule has 0 aromatic heterocycles. The third-order valence-corrected chi connectivity index (χ3v) is 2.58. The first-order valence-corrected chi connectivity index (χ1v) is 3.72. The molecule has 1 rings (SSSR count). The number of esters is 1. The van der Waals surface area contributed by atoms with Gasteiger partial charge in [-0.3, -0.25) is 4.79 Å². The number of nitrogens with zero attached hydrogens (tertiary/aromatic N) is 1. The Labute approximate surface area is 67.8 Å². The van der Waals surface area contributed by atoms with Crippen LogP contribution in [0.1, 0.15) is 6.42 Å². The van der Waals surface area contributed by atoms with Crippen molar-refractivity contribution in [1.82, 2.24) is 3.11 Å². The fourth-order valence-corrected chi connectivity index (χ4v) is 1.51. The van der Waals surface area contributed by atoms with E-state index in [1.807, 2.05) is 3.11 Å². The highest BCUT2D eigenvalue weighted by Crippen LogP contribution is 2.22. The van der Waals surface area contributed by atoms with Gasteiger partial charge in [0.1, 0.15) is 6.04 Å². The number of hydrogen-bond acceptors (Lipinski definition) is 3. The van der Waals surface area contributed by atoms with Gasteiger partial charge in [-0.15, -0.1) is 0 Å². The van der Waals surface area contributed by atoms with Crippen LogP contribution in [0, 0.1) is 0 Å². The third kappa shape index (κ3) is 1.35. The largest absolute Gasteiger partial charge is 0.468 e. The summed E-state index contributed by atoms with van der Waals surface area (Å²) in [5.74, 6) is -0.115. The van der Waals surface area contributed by atoms with Gasteiger partial charge in [0.25, 0.3) is 0 Å². The van der Waals surface area contributed by atoms with Crippen LogP contribution in [0.5, 0.6) is 0 Å². The van der Waals surface area contributed by atoms with Gasteiger partial charge in [-0.05, 0) is 6.42 Å². The van der Waals surface area contributed by atoms with Gasteiger partial charge in [0, 0.05) is 29.4 Å². The Morgan fingerprint density at radius 3 is 2.67 bits per heavy atom. The van der Waals surface area contributed by atoms with Crippen LogP contribution < -0.4 is 0 Å². The van der Waals surface area contributed by atoms with E-state index in [2.05, 4.69) is 27.6 Å². The maximum absolute atomic E-state index is 10.7. The van der Waals surface area contributed by atoms with E-state index >= 15 is 0 Å². The zero-order valence-electron chi connectivity index (χ0n) is 5.13. The predicted octanol–water partition coefficient (Wildman–Crippen LogP) is 0.584. The van der Waals surface area contributed by atoms with Crippen molar-refractivity contribution in [2.75, 3.05) is 13.7 Å². The van der Waals surface area contributed by atoms with Crippen LogP contribution in [-0.2, 0) is 9.53 Å². The average Bonchev–Trinajstić information content (AvgIpc) is 1.84. The van der Waals surface area contributed by atoms with Crippen molar-refractivity contribution < 1.29 is 9.53 Å². The molecule has 0 aromatic rings. The molecule has 0 saturated carbocycles. The zero-order chi connectivity index (χ0) is 6.85. The molecule has 52 valence electrons. The van der Waals surface area contributed by atoms with Gasteiger partial charge < -0.3 is 4.74 Å². The van der Waals surface area contributed by atoms with Crippen LogP contribution in [0.4, 0.5) is 0 Å². The molecule has 1 aliphatic rings. The summed E-state index contributed by atoms with van der Waals surface area (Å²) in [6.07, 6.45) is 0.940. The highest BCUT2D eigenvalue weighted by Gasteiger charge is 2.32. The first kappa shape index (κ1) is 7.27. The van der Waals surface area contributed by atoms with Crippen molar-refractivity contribution in [3.63, 3.8) is 0 Å². The first-order chi connectivity index (χ1) is 4.25. The topological polar surface area (TPSA) is 29.5 Å². The highest BCUT2D eigenvalue weighted by molar-refractivity contribution is 14.1. The fourth-order valence-electron chi connectivity index (χ4n) is 0.724. The second-order valence-corrected chi connectivity index (χ2v) is 3.19. The summed E-state index contributed by atoms with van der Waals surface area (Å²) in [5.41, 5.74) is 0. The molecule has 1 aliphatic heterocycles. The van der Waals surface area contributed by atoms with Crippen LogP contribution in [0.2, 0.25) is 0 Å². The lowest BCUT2D eigenvalue weighted by Gasteiger charge is -2.32. The summed E-state index contributed by atoms with van der Waals surface area (Å²) in [4.78, 5) is 10.7. The van der Waals surface area contributed by atoms with E-state index in [1.54, 1.807) is 0 Å². The van der Waals surface area contributed by atoms with E-state index in [-0.39, 0.29) is 12.0 Å². The summed E-state index contributed by atoms with van der Waals surface area (Å²) >= 11 is 2.13. The van der Waals surface area contributed by atoms with Crippen molar-refractivity contribution in [2.45, 2.75) is 12.5 Å². The van der Waals surface area contributed by atoms with E-state index in [1.165, 1.54) is 7.11 Å². The molecule has 3 nitrogen and oxygen atoms in total. The molecule has 0 radical (unpaired) electrons. The normalized spacial score (nSPS) is 27.1. The SMILES string of the molecule is COC(=O)C1CCN1I. The predicted molar refractivity (Wildman–Crippen MR) is 41.1 cm³/mol. The lowest BCUT2D eigenvalue weighted by atomic mass is 10.1. The van der Waals surface area contributed by atoms with Gasteiger partial charge in [-0.2, -0.15) is 0 Å². The molecule has 1 atom stereocenters. The molecule has 1 saturated heterocycles. The summed E-state index contributed by atoms with van der Waals surface area (Å²) in [6, 6.07) is 0.0237. The van der Waals surface area contributed by atoms with Crippen molar-refractivity contribution in [1.29, 1.82) is 0 Å². The molecule has 4 heteroatoms. The fraction of sp³-hybridized carbons (Fsp3) is 0.800. The number of carbonyl (C=O) groups excluding carboxylic acids is 1. The lowest BCUT2D eigenvalue weighted by molar-refractivity contribution is -0.147. The molecular weight excluding hydrogens is 233 g/mol. The number of carbonyl (C=O) groups is 1. The molecule has 0 N–H and O–H groups in total. The summed E-state index contributed by atoms with van der Waals surface area (Å²) < 4.78 is 6.49. The molecule has 0 spiro atoms. The van der Waals surface area contributed by atoms with Crippen LogP contribution in [0.3, 0.4) is 0 Å². The summed E-state index contributed by atoms with van der Waals surface area (Å²) in [7, 11) is 1.42. The van der Waals surface area contributed by atoms with Crippen LogP contribution in [-0.4, -0.2) is 28.8 Å². The molecule has 0 amide bonds. The van der Waals surface area contributed by atoms with Gasteiger partial charge in [-0.25, -0.2) is 3.11 Å². The smallest absolute Gasteiger partial charge is 0.323 e. The van der Waals surface area contributed by atoms with Gasteiger partial charge in [0.05, 0.1) is 7.11 Å². The minimum atomic E-state index is -0.115. The number of halogens is 1. The Balaban J connectivity index is 2.35. The molecule has 0 aromatic carbocycles. The van der Waals surface area contributed by atoms with Crippen molar-refractivity contribution in [3.05, 3.63) is 0 Å². The lowest BCUT2D eigenvalue weighted by Crippen LogP contribution is -2.46. The standard InChI is InChI=1S/C5H8INO2/c1-9-5(8)4-2-3-7(4)6/h4H,2-3H2,1H3. The van der Waals surface area contributed by atoms with Gasteiger partial charge in [-0.1, -0.05) is 0 Å². The maximum Gasteiger partial charge on any atom is 0.323 e. The average molecular weight is 241 g/mol. The van der Waals surface area contributed by atoms with Crippen molar-refractivity contribution in [2.24, 2.45) is 0 Å². The Bertz CT molecular complexity index is 128. The minimum Gasteiger partial charge on any atom is -0.468 e. The molecule has 1 unspecified atom stereocenters. The zero-order valence-corrected chi connectivity index (χ0v) is 7.29. The molecule has 0 aliphatic carbocycles. The van der Waals surface area contributed by atoms with E-state index < -0.39 is 0 Å². The van der Waals surface area contributed by atoms with Gasteiger partial charge in [0.15, 0.2) is 0 Å². The molecule has 1 fully saturated rings. The summed E-state index contributed by atoms with van der Waals surface area (Å²) in [5, 5.41) is 0. The quantitative estimate of drug-likeness (QED) is 0.382. The van der Waals surface area contributed by atoms with Crippen molar-refractivity contribution >= 4 is 28.8 Å². The van der Waals surface area contributed by atoms with Gasteiger partial charge >= 0.3 is 5.97 Å². The Hall–Kier alpha value is 0.160. The second-order valence-electron chi connectivity index (χ2n) is 1.95. The highest BCUT2D eigenvalue weighted by atomic mass is 127. The van der Waals surface area contributed by atoms with E-state index in [0.717, 1.165) is 13.0 Å². The van der Waals surface area contributed by atoms with Crippen LogP contribution in [0.25, 0.3) is 0 Å². The van der Waals surface area contributed by atoms with Gasteiger partial charge in [0.2, 0.25) is 0 Å². The third-order valence-electron chi connectivity index (χ3n) is 1.43. The van der Waals surface area contributed by atoms with Crippen LogP contribution >= 0.6 is 22.9 Å². The Kier molecular flexibility index (Phi) is 2.29. The Morgan fingerprint density at radius 1 is 1.89 bits per heavy atom. The molecule has 0 bridgehead atoms. The maximum atomic E-state index is 10.7. The monoisotopic (exact) mass is 241 g/mol. The molecule has 9 heavy (non-hydrogen) atoms. The molecule has 1 heterocycles. The van der Waals surface area contributed by atoms with Crippen molar-refractivity contribution in [3.8, 4) is 0 Å². The van der Waals surface area contributed by atoms with E-state index in [4.69, 9.17) is 0 Å². The number of methoxy groups -OCH3 is 1. The molecular formula is C5H8INO2. The Morgan fingerprint density at radius 2 is 2.56 bits per heavy atom. The number of hydrogen-bond donors (Lipinski definition) is 0. The second kappa shape index (κ2) is 2.83. The number of ether oxygens (including phenoxy) is 1. The van der Waals surface area contributed by atoms with E-state index in [9.17, 15) is 4.79 Å². The minimum absolute atomic E-state index is 0.0237. The first-order valence-electron chi connectivity index (χ1n) is 2.76. The van der Waals surface area contributed by atoms with Crippen LogP contribution in [0.15, 0.2) is 0 Å². The summed E-state index contributed by atoms with van der Waals surface area (Å²) in [6.45, 7) is 1.00. The number of rotatable bonds is 1.